The molecule has 0 spiro atoms. The molecule has 0 saturated heterocycles. The topological polar surface area (TPSA) is 87.7 Å². The maximum Gasteiger partial charge on any atom is 0.261 e. The van der Waals surface area contributed by atoms with E-state index < -0.39 is 6.04 Å². The van der Waals surface area contributed by atoms with Crippen LogP contribution in [0.5, 0.6) is 0 Å². The van der Waals surface area contributed by atoms with Crippen molar-refractivity contribution >= 4 is 23.1 Å². The van der Waals surface area contributed by atoms with Gasteiger partial charge in [0, 0.05) is 4.88 Å². The number of hydrogen-bond donors (Lipinski definition) is 3. The largest absolute Gasteiger partial charge is 0.409 e. The zero-order chi connectivity index (χ0) is 13.8. The second-order valence-electron chi connectivity index (χ2n) is 4.75. The summed E-state index contributed by atoms with van der Waals surface area (Å²) >= 11 is 1.55. The number of aryl methyl sites for hydroxylation is 2. The van der Waals surface area contributed by atoms with Crippen LogP contribution in [0.15, 0.2) is 11.2 Å². The number of thiophene rings is 1. The maximum atomic E-state index is 12.2. The van der Waals surface area contributed by atoms with E-state index in [1.165, 1.54) is 16.9 Å². The maximum absolute atomic E-state index is 12.2. The van der Waals surface area contributed by atoms with E-state index in [9.17, 15) is 4.79 Å². The fraction of sp³-hybridized carbons (Fsp3) is 0.538. The summed E-state index contributed by atoms with van der Waals surface area (Å²) in [5.74, 6) is -0.0799. The lowest BCUT2D eigenvalue weighted by Gasteiger charge is -2.15. The number of nitrogens with two attached hydrogens (primary N) is 1. The van der Waals surface area contributed by atoms with Gasteiger partial charge in [-0.1, -0.05) is 18.5 Å². The number of hydrogen-bond acceptors (Lipinski definition) is 4. The molecule has 1 unspecified atom stereocenters. The summed E-state index contributed by atoms with van der Waals surface area (Å²) in [4.78, 5) is 14.2. The van der Waals surface area contributed by atoms with Crippen LogP contribution in [-0.4, -0.2) is 23.0 Å². The molecule has 0 radical (unpaired) electrons. The Kier molecular flexibility index (Phi) is 4.42. The van der Waals surface area contributed by atoms with Gasteiger partial charge in [-0.15, -0.1) is 11.3 Å². The second-order valence-corrected chi connectivity index (χ2v) is 5.89. The van der Waals surface area contributed by atoms with E-state index in [0.29, 0.717) is 6.42 Å². The van der Waals surface area contributed by atoms with E-state index in [1.807, 2.05) is 13.0 Å². The monoisotopic (exact) mass is 281 g/mol. The quantitative estimate of drug-likeness (QED) is 0.333. The van der Waals surface area contributed by atoms with E-state index in [0.717, 1.165) is 24.1 Å². The second kappa shape index (κ2) is 6.06. The molecule has 0 aliphatic heterocycles. The van der Waals surface area contributed by atoms with Gasteiger partial charge in [0.15, 0.2) is 5.84 Å². The molecular weight excluding hydrogens is 262 g/mol. The summed E-state index contributed by atoms with van der Waals surface area (Å²) in [5, 5.41) is 14.5. The Bertz CT molecular complexity index is 475. The third kappa shape index (κ3) is 3.07. The average Bonchev–Trinajstić information content (AvgIpc) is 2.97. The minimum atomic E-state index is -0.403. The van der Waals surface area contributed by atoms with Gasteiger partial charge in [-0.2, -0.15) is 0 Å². The van der Waals surface area contributed by atoms with Crippen molar-refractivity contribution < 1.29 is 10.0 Å². The van der Waals surface area contributed by atoms with E-state index >= 15 is 0 Å². The lowest BCUT2D eigenvalue weighted by molar-refractivity contribution is 0.0949. The zero-order valence-corrected chi connectivity index (χ0v) is 11.8. The number of rotatable bonds is 5. The van der Waals surface area contributed by atoms with E-state index in [-0.39, 0.29) is 11.7 Å². The molecule has 0 saturated carbocycles. The first-order valence-corrected chi connectivity index (χ1v) is 7.37. The van der Waals surface area contributed by atoms with Crippen LogP contribution in [0.25, 0.3) is 0 Å². The highest BCUT2D eigenvalue weighted by atomic mass is 32.1. The Labute approximate surface area is 116 Å². The van der Waals surface area contributed by atoms with E-state index in [2.05, 4.69) is 10.5 Å². The molecule has 2 rings (SSSR count). The van der Waals surface area contributed by atoms with Gasteiger partial charge in [-0.25, -0.2) is 0 Å². The van der Waals surface area contributed by atoms with Gasteiger partial charge in [0.1, 0.15) is 0 Å². The molecule has 1 aromatic rings. The molecule has 0 bridgehead atoms. The lowest BCUT2D eigenvalue weighted by atomic mass is 10.1. The van der Waals surface area contributed by atoms with Gasteiger partial charge < -0.3 is 16.3 Å². The molecule has 4 N–H and O–H groups in total. The molecule has 1 heterocycles. The highest BCUT2D eigenvalue weighted by molar-refractivity contribution is 7.14. The van der Waals surface area contributed by atoms with Crippen LogP contribution in [-0.2, 0) is 12.8 Å². The van der Waals surface area contributed by atoms with Gasteiger partial charge >= 0.3 is 0 Å². The molecule has 1 aromatic heterocycles. The zero-order valence-electron chi connectivity index (χ0n) is 11.0. The summed E-state index contributed by atoms with van der Waals surface area (Å²) < 4.78 is 0. The van der Waals surface area contributed by atoms with Crippen LogP contribution in [0.3, 0.4) is 0 Å². The van der Waals surface area contributed by atoms with E-state index in [1.54, 1.807) is 11.3 Å². The summed E-state index contributed by atoms with van der Waals surface area (Å²) in [5.41, 5.74) is 6.89. The third-order valence-electron chi connectivity index (χ3n) is 3.33. The SMILES string of the molecule is CCCC(NC(=O)c1cc2c(s1)CCC2)/C(N)=N/O. The Morgan fingerprint density at radius 3 is 3.05 bits per heavy atom. The van der Waals surface area contributed by atoms with Crippen LogP contribution >= 0.6 is 11.3 Å². The number of amidine groups is 1. The minimum Gasteiger partial charge on any atom is -0.409 e. The Hall–Kier alpha value is -1.56. The average molecular weight is 281 g/mol. The highest BCUT2D eigenvalue weighted by Crippen LogP contribution is 2.30. The fourth-order valence-corrected chi connectivity index (χ4v) is 3.48. The Balaban J connectivity index is 2.06. The van der Waals surface area contributed by atoms with Crippen LogP contribution < -0.4 is 11.1 Å². The minimum absolute atomic E-state index is 0.0549. The molecule has 0 fully saturated rings. The Morgan fingerprint density at radius 2 is 2.42 bits per heavy atom. The van der Waals surface area contributed by atoms with Gasteiger partial charge in [-0.05, 0) is 37.3 Å². The van der Waals surface area contributed by atoms with Gasteiger partial charge in [-0.3, -0.25) is 4.79 Å². The summed E-state index contributed by atoms with van der Waals surface area (Å²) in [7, 11) is 0. The van der Waals surface area contributed by atoms with Gasteiger partial charge in [0.25, 0.3) is 5.91 Å². The normalized spacial score (nSPS) is 16.2. The Morgan fingerprint density at radius 1 is 1.63 bits per heavy atom. The van der Waals surface area contributed by atoms with Crippen molar-refractivity contribution in [3.63, 3.8) is 0 Å². The number of oxime groups is 1. The number of amides is 1. The molecule has 1 amide bonds. The first-order chi connectivity index (χ1) is 9.15. The summed E-state index contributed by atoms with van der Waals surface area (Å²) in [6.07, 6.45) is 4.84. The van der Waals surface area contributed by atoms with Crippen molar-refractivity contribution in [2.45, 2.75) is 45.1 Å². The van der Waals surface area contributed by atoms with Crippen LogP contribution in [0.4, 0.5) is 0 Å². The van der Waals surface area contributed by atoms with Crippen LogP contribution in [0, 0.1) is 0 Å². The highest BCUT2D eigenvalue weighted by Gasteiger charge is 2.21. The number of carbonyl (C=O) groups is 1. The van der Waals surface area contributed by atoms with Gasteiger partial charge in [0.05, 0.1) is 10.9 Å². The number of fused-ring (bicyclic) bond motifs is 1. The smallest absolute Gasteiger partial charge is 0.261 e. The van der Waals surface area contributed by atoms with Crippen molar-refractivity contribution in [3.05, 3.63) is 21.4 Å². The van der Waals surface area contributed by atoms with Crippen molar-refractivity contribution in [2.24, 2.45) is 10.9 Å². The van der Waals surface area contributed by atoms with Crippen molar-refractivity contribution in [2.75, 3.05) is 0 Å². The van der Waals surface area contributed by atoms with Crippen molar-refractivity contribution in [3.8, 4) is 0 Å². The molecule has 19 heavy (non-hydrogen) atoms. The molecule has 1 atom stereocenters. The first kappa shape index (κ1) is 13.9. The van der Waals surface area contributed by atoms with Crippen LogP contribution in [0.2, 0.25) is 0 Å². The lowest BCUT2D eigenvalue weighted by Crippen LogP contribution is -2.44. The van der Waals surface area contributed by atoms with Crippen molar-refractivity contribution in [1.29, 1.82) is 0 Å². The molecule has 1 aliphatic carbocycles. The molecule has 6 heteroatoms. The van der Waals surface area contributed by atoms with Crippen LogP contribution in [0.1, 0.15) is 46.3 Å². The molecule has 0 aromatic carbocycles. The number of nitrogens with zero attached hydrogens (tertiary/aromatic N) is 1. The molecule has 1 aliphatic rings. The van der Waals surface area contributed by atoms with E-state index in [4.69, 9.17) is 10.9 Å². The number of carbonyl (C=O) groups excluding carboxylic acids is 1. The van der Waals surface area contributed by atoms with Crippen molar-refractivity contribution in [1.82, 2.24) is 5.32 Å². The summed E-state index contributed by atoms with van der Waals surface area (Å²) in [6, 6.07) is 1.57. The number of nitrogens with one attached hydrogen (secondary N) is 1. The van der Waals surface area contributed by atoms with Gasteiger partial charge in [0.2, 0.25) is 0 Å². The summed E-state index contributed by atoms with van der Waals surface area (Å²) in [6.45, 7) is 1.99. The molecule has 5 nitrogen and oxygen atoms in total. The standard InChI is InChI=1S/C13H19N3O2S/c1-2-4-9(12(14)16-18)15-13(17)11-7-8-5-3-6-10(8)19-11/h7,9,18H,2-6H2,1H3,(H2,14,16)(H,15,17). The first-order valence-electron chi connectivity index (χ1n) is 6.55. The predicted octanol–water partition coefficient (Wildman–Crippen LogP) is 1.88. The molecular formula is C13H19N3O2S. The molecule has 104 valence electrons. The predicted molar refractivity (Wildman–Crippen MR) is 75.9 cm³/mol. The third-order valence-corrected chi connectivity index (χ3v) is 4.56. The fourth-order valence-electron chi connectivity index (χ4n) is 2.32.